The van der Waals surface area contributed by atoms with E-state index in [9.17, 15) is 8.42 Å². The molecule has 0 aliphatic carbocycles. The first-order valence-corrected chi connectivity index (χ1v) is 30.0. The molecule has 458 valence electrons. The molecule has 11 rings (SSSR count). The Kier molecular flexibility index (Phi) is 43.2. The number of nitrogens with zero attached hydrogens (tertiary/aromatic N) is 15. The maximum atomic E-state index is 11.4. The van der Waals surface area contributed by atoms with Crippen molar-refractivity contribution in [2.24, 2.45) is 0 Å². The van der Waals surface area contributed by atoms with Crippen molar-refractivity contribution in [3.63, 3.8) is 0 Å². The fourth-order valence-electron chi connectivity index (χ4n) is 6.96. The van der Waals surface area contributed by atoms with Crippen molar-refractivity contribution < 1.29 is 73.8 Å². The summed E-state index contributed by atoms with van der Waals surface area (Å²) in [4.78, 5) is 47.0. The summed E-state index contributed by atoms with van der Waals surface area (Å²) < 4.78 is 26.9. The van der Waals surface area contributed by atoms with Gasteiger partial charge in [0.1, 0.15) is 17.4 Å². The van der Waals surface area contributed by atoms with Gasteiger partial charge in [0.25, 0.3) is 29.5 Å². The van der Waals surface area contributed by atoms with Crippen LogP contribution >= 0.6 is 11.6 Å². The summed E-state index contributed by atoms with van der Waals surface area (Å²) in [6.45, 7) is 32.0. The van der Waals surface area contributed by atoms with Crippen molar-refractivity contribution >= 4 is 94.1 Å². The van der Waals surface area contributed by atoms with Crippen LogP contribution in [0.4, 0.5) is 17.5 Å². The van der Waals surface area contributed by atoms with E-state index >= 15 is 0 Å². The minimum Gasteiger partial charge on any atom is -0.447 e. The molecule has 0 unspecified atom stereocenters. The van der Waals surface area contributed by atoms with Gasteiger partial charge in [-0.3, -0.25) is 18.8 Å². The Morgan fingerprint density at radius 2 is 0.977 bits per heavy atom. The second-order valence-electron chi connectivity index (χ2n) is 17.2. The molecule has 22 heteroatoms. The number of nitrogens with one attached hydrogen (secondary N) is 1. The molecule has 0 aliphatic heterocycles. The van der Waals surface area contributed by atoms with E-state index in [1.807, 2.05) is 251 Å². The van der Waals surface area contributed by atoms with E-state index in [0.29, 0.717) is 5.15 Å². The number of hydrogen-bond donors (Lipinski definition) is 1. The summed E-state index contributed by atoms with van der Waals surface area (Å²) in [7, 11) is 12.3. The second-order valence-corrected chi connectivity index (χ2v) is 19.5. The normalized spacial score (nSPS) is 9.40. The van der Waals surface area contributed by atoms with Gasteiger partial charge in [0.15, 0.2) is 11.6 Å². The van der Waals surface area contributed by atoms with Crippen molar-refractivity contribution in [1.29, 1.82) is 0 Å². The topological polar surface area (TPSA) is 177 Å². The van der Waals surface area contributed by atoms with E-state index in [-0.39, 0.29) is 76.2 Å². The van der Waals surface area contributed by atoms with E-state index < -0.39 is 9.84 Å². The van der Waals surface area contributed by atoms with Crippen LogP contribution in [0, 0.1) is 39.4 Å². The molecule has 0 aliphatic rings. The summed E-state index contributed by atoms with van der Waals surface area (Å²) in [5.74, 6) is 2.30. The summed E-state index contributed by atoms with van der Waals surface area (Å²) in [6, 6.07) is 38.1. The van der Waals surface area contributed by atoms with Crippen LogP contribution in [0.25, 0.3) is 64.9 Å². The number of sulfone groups is 1. The second kappa shape index (κ2) is 45.6. The third-order valence-corrected chi connectivity index (χ3v) is 12.2. The zero-order chi connectivity index (χ0) is 64.1. The molecule has 0 fully saturated rings. The molecule has 0 bridgehead atoms. The molecule has 2 radical (unpaired) electrons. The molecule has 1 N–H and O–H groups in total. The van der Waals surface area contributed by atoms with Gasteiger partial charge in [-0.2, -0.15) is 0 Å². The smallest absolute Gasteiger partial charge is 0.364 e. The summed E-state index contributed by atoms with van der Waals surface area (Å²) >= 11 is 5.59. The summed E-state index contributed by atoms with van der Waals surface area (Å²) in [5.41, 5.74) is 11.7. The van der Waals surface area contributed by atoms with Crippen molar-refractivity contribution in [2.45, 2.75) is 81.1 Å². The molecule has 87 heavy (non-hydrogen) atoms. The van der Waals surface area contributed by atoms with Gasteiger partial charge in [-0.1, -0.05) is 166 Å². The molecular weight excluding hydrogens is 1280 g/mol. The number of imidazole rings is 2. The van der Waals surface area contributed by atoms with Crippen LogP contribution in [-0.2, 0) is 75.3 Å². The molecule has 0 saturated heterocycles. The van der Waals surface area contributed by atoms with Crippen LogP contribution < -0.4 is 20.0 Å². The number of fused-ring (bicyclic) bond motifs is 8. The van der Waals surface area contributed by atoms with Crippen LogP contribution in [0.2, 0.25) is 5.15 Å². The zero-order valence-electron chi connectivity index (χ0n) is 54.3. The SMILES string of the molecule is C#[N+]CC.C#[N+]CS(=O)(=O)c1ccc(C)cc1.CC.CC.CC.CC.CN(C)c1[c-]nc2ccccc2n1.CN(C)c1nc2ccccc2n2cncc12.CNC.Cc1ncn2c1c(N(C)C)nc1ccccc12.Clc1[c-]nc2ccccc2n1.[Y].[Y]. The number of halogens is 1. The van der Waals surface area contributed by atoms with Crippen LogP contribution in [0.5, 0.6) is 0 Å². The molecule has 6 heterocycles. The fraction of sp³-hybridized carbons (Fsp3) is 0.323. The number of aromatic nitrogens is 10. The fourth-order valence-corrected chi connectivity index (χ4v) is 7.99. The third-order valence-electron chi connectivity index (χ3n) is 10.6. The van der Waals surface area contributed by atoms with Crippen molar-refractivity contribution in [1.82, 2.24) is 54.0 Å². The van der Waals surface area contributed by atoms with Crippen molar-refractivity contribution in [3.8, 4) is 13.1 Å². The Morgan fingerprint density at radius 1 is 0.552 bits per heavy atom. The predicted octanol–water partition coefficient (Wildman–Crippen LogP) is 14.4. The van der Waals surface area contributed by atoms with Crippen molar-refractivity contribution in [3.05, 3.63) is 179 Å². The Hall–Kier alpha value is -6.67. The van der Waals surface area contributed by atoms with Crippen LogP contribution in [0.3, 0.4) is 0 Å². The number of benzene rings is 5. The van der Waals surface area contributed by atoms with Gasteiger partial charge in [-0.25, -0.2) is 28.4 Å². The molecule has 0 amide bonds. The molecule has 0 spiro atoms. The Bertz CT molecular complexity index is 3890. The average Bonchev–Trinajstić information content (AvgIpc) is 2.34. The predicted molar refractivity (Wildman–Crippen MR) is 361 cm³/mol. The molecular formula is C65H87ClN16O2SY2. The van der Waals surface area contributed by atoms with E-state index in [4.69, 9.17) is 23.2 Å². The van der Waals surface area contributed by atoms with E-state index in [0.717, 1.165) is 90.4 Å². The minimum atomic E-state index is -3.32. The van der Waals surface area contributed by atoms with Gasteiger partial charge in [-0.05, 0) is 64.3 Å². The summed E-state index contributed by atoms with van der Waals surface area (Å²) in [6.07, 6.45) is 11.0. The van der Waals surface area contributed by atoms with Gasteiger partial charge in [0.05, 0.1) is 56.2 Å². The van der Waals surface area contributed by atoms with Gasteiger partial charge in [0.2, 0.25) is 0 Å². The average molecular weight is 1370 g/mol. The maximum absolute atomic E-state index is 11.4. The Balaban J connectivity index is 0. The van der Waals surface area contributed by atoms with E-state index in [2.05, 4.69) is 89.8 Å². The van der Waals surface area contributed by atoms with Gasteiger partial charge < -0.3 is 30.0 Å². The van der Waals surface area contributed by atoms with Crippen LogP contribution in [0.15, 0.2) is 145 Å². The standard InChI is InChI=1S/C13H14N4.C12H12N4.C10H10N3.C9H10NO2S.C8H4ClN2.C3H6N.C2H7N.4C2H6.2Y/c1-9-12-13(16(2)3)15-10-6-4-5-7-11(10)17(12)8-14-9;1-15(2)12-11-7-13-8-16(11)10-6-4-3-5-9(10)14-12;1-13(2)10-7-11-8-5-3-4-6-9(8)12-10;1-8-3-5-9(6-4-8)13(11,12)7-10-2;9-8-5-10-6-3-1-2-4-7(6)11-8;1-3-4-2;1-3-2;4*1-2;;/h4-8H,1-3H3;3-8H,1-2H3;3-6H,1-2H3;2-6H,7H2,1H3;1-4H;2H,3H2,1H3;3H,1-2H3;4*1-2H3;;/q;;-1;+1;-1;+1;;;;;;;. The third kappa shape index (κ3) is 25.9. The zero-order valence-corrected chi connectivity index (χ0v) is 61.6. The number of hydrogen-bond acceptors (Lipinski definition) is 14. The van der Waals surface area contributed by atoms with Gasteiger partial charge in [0, 0.05) is 126 Å². The molecule has 0 saturated carbocycles. The monoisotopic (exact) mass is 1370 g/mol. The first kappa shape index (κ1) is 82.4. The number of para-hydroxylation sites is 8. The number of anilines is 3. The quantitative estimate of drug-likeness (QED) is 0.161. The molecule has 0 atom stereocenters. The largest absolute Gasteiger partial charge is 0.447 e. The van der Waals surface area contributed by atoms with Crippen LogP contribution in [0.1, 0.15) is 73.6 Å². The number of rotatable bonds is 5. The first-order chi connectivity index (χ1) is 41.0. The number of aryl methyl sites for hydroxylation is 2. The maximum Gasteiger partial charge on any atom is 0.364 e. The molecule has 6 aromatic heterocycles. The Labute approximate surface area is 573 Å². The van der Waals surface area contributed by atoms with Crippen LogP contribution in [-0.4, -0.2) is 126 Å². The molecule has 11 aromatic rings. The van der Waals surface area contributed by atoms with Crippen molar-refractivity contribution in [2.75, 3.05) is 83.5 Å². The first-order valence-electron chi connectivity index (χ1n) is 28.0. The van der Waals surface area contributed by atoms with E-state index in [1.165, 1.54) is 0 Å². The molecule has 5 aromatic carbocycles. The molecule has 18 nitrogen and oxygen atoms in total. The van der Waals surface area contributed by atoms with E-state index in [1.54, 1.807) is 24.3 Å². The summed E-state index contributed by atoms with van der Waals surface area (Å²) in [5, 5.41) is 3.06. The Morgan fingerprint density at radius 3 is 1.44 bits per heavy atom. The van der Waals surface area contributed by atoms with Gasteiger partial charge >= 0.3 is 5.88 Å². The minimum absolute atomic E-state index is 0. The van der Waals surface area contributed by atoms with Gasteiger partial charge in [-0.15, -0.1) is 24.5 Å².